The molecule has 1 nitrogen and oxygen atoms in total. The first-order chi connectivity index (χ1) is 13.7. The molecule has 2 heterocycles. The molecule has 2 aromatic carbocycles. The van der Waals surface area contributed by atoms with Crippen LogP contribution in [0.2, 0.25) is 0 Å². The Balaban J connectivity index is 2.23. The van der Waals surface area contributed by atoms with Crippen LogP contribution < -0.4 is 4.57 Å². The monoisotopic (exact) mass is 386 g/mol. The second kappa shape index (κ2) is 6.69. The third kappa shape index (κ3) is 2.62. The van der Waals surface area contributed by atoms with E-state index in [2.05, 4.69) is 103 Å². The van der Waals surface area contributed by atoms with Crippen molar-refractivity contribution in [1.29, 1.82) is 0 Å². The maximum atomic E-state index is 2.62. The van der Waals surface area contributed by atoms with Gasteiger partial charge >= 0.3 is 0 Å². The van der Waals surface area contributed by atoms with Crippen LogP contribution >= 0.6 is 0 Å². The van der Waals surface area contributed by atoms with E-state index in [1.54, 1.807) is 5.56 Å². The average Bonchev–Trinajstić information content (AvgIpc) is 2.69. The van der Waals surface area contributed by atoms with Gasteiger partial charge < -0.3 is 0 Å². The van der Waals surface area contributed by atoms with Crippen LogP contribution in [0.1, 0.15) is 82.6 Å². The van der Waals surface area contributed by atoms with Gasteiger partial charge in [-0.3, -0.25) is 0 Å². The van der Waals surface area contributed by atoms with Gasteiger partial charge in [-0.05, 0) is 67.3 Å². The molecule has 2 unspecified atom stereocenters. The van der Waals surface area contributed by atoms with Gasteiger partial charge in [0.2, 0.25) is 5.69 Å². The van der Waals surface area contributed by atoms with E-state index in [1.165, 1.54) is 38.7 Å². The minimum absolute atomic E-state index is 0.0339. The molecule has 3 aromatic rings. The molecule has 0 saturated heterocycles. The van der Waals surface area contributed by atoms with Crippen LogP contribution in [0.15, 0.2) is 42.6 Å². The van der Waals surface area contributed by atoms with Crippen LogP contribution in [0.3, 0.4) is 0 Å². The third-order valence-corrected chi connectivity index (χ3v) is 8.05. The summed E-state index contributed by atoms with van der Waals surface area (Å²) in [6.45, 7) is 18.8. The van der Waals surface area contributed by atoms with Crippen LogP contribution in [-0.4, -0.2) is 0 Å². The van der Waals surface area contributed by atoms with Gasteiger partial charge in [0, 0.05) is 19.4 Å². The lowest BCUT2D eigenvalue weighted by Crippen LogP contribution is -2.67. The molecule has 1 heteroatoms. The molecule has 29 heavy (non-hydrogen) atoms. The number of benzene rings is 2. The molecular formula is C28H36N+. The molecule has 0 saturated carbocycles. The van der Waals surface area contributed by atoms with E-state index in [0.717, 1.165) is 12.8 Å². The summed E-state index contributed by atoms with van der Waals surface area (Å²) in [7, 11) is 0. The van der Waals surface area contributed by atoms with E-state index < -0.39 is 0 Å². The quantitative estimate of drug-likeness (QED) is 0.415. The van der Waals surface area contributed by atoms with Crippen LogP contribution in [0.5, 0.6) is 0 Å². The van der Waals surface area contributed by atoms with E-state index in [1.807, 2.05) is 0 Å². The topological polar surface area (TPSA) is 3.88 Å². The molecule has 1 aliphatic rings. The summed E-state index contributed by atoms with van der Waals surface area (Å²) < 4.78 is 2.62. The number of rotatable bonds is 3. The van der Waals surface area contributed by atoms with Crippen LogP contribution in [0, 0.1) is 13.8 Å². The smallest absolute Gasteiger partial charge is 0.192 e. The highest BCUT2D eigenvalue weighted by atomic mass is 15.1. The largest absolute Gasteiger partial charge is 0.221 e. The SMILES string of the molecule is CCC1(C)c2c(C)cc(C)cc2-c2c3cc(C(C)C)ccc3cc[n+]2C1(C)CC. The van der Waals surface area contributed by atoms with E-state index in [4.69, 9.17) is 0 Å². The Bertz CT molecular complexity index is 1110. The zero-order valence-corrected chi connectivity index (χ0v) is 19.5. The van der Waals surface area contributed by atoms with Gasteiger partial charge in [0.15, 0.2) is 11.7 Å². The van der Waals surface area contributed by atoms with Crippen molar-refractivity contribution in [3.8, 4) is 11.3 Å². The second-order valence-corrected chi connectivity index (χ2v) is 9.85. The van der Waals surface area contributed by atoms with Gasteiger partial charge in [0.05, 0.1) is 16.4 Å². The van der Waals surface area contributed by atoms with Crippen molar-refractivity contribution in [3.05, 3.63) is 64.8 Å². The molecule has 2 atom stereocenters. The van der Waals surface area contributed by atoms with E-state index >= 15 is 0 Å². The first kappa shape index (κ1) is 20.1. The molecule has 1 aliphatic heterocycles. The minimum Gasteiger partial charge on any atom is -0.192 e. The lowest BCUT2D eigenvalue weighted by Gasteiger charge is -2.47. The van der Waals surface area contributed by atoms with E-state index in [0.29, 0.717) is 5.92 Å². The lowest BCUT2D eigenvalue weighted by molar-refractivity contribution is -0.764. The molecule has 0 spiro atoms. The van der Waals surface area contributed by atoms with Crippen molar-refractivity contribution in [3.63, 3.8) is 0 Å². The molecule has 0 aliphatic carbocycles. The fourth-order valence-corrected chi connectivity index (χ4v) is 5.87. The summed E-state index contributed by atoms with van der Waals surface area (Å²) in [6, 6.07) is 14.2. The van der Waals surface area contributed by atoms with Crippen LogP contribution in [0.25, 0.3) is 22.0 Å². The Morgan fingerprint density at radius 2 is 1.66 bits per heavy atom. The second-order valence-electron chi connectivity index (χ2n) is 9.85. The number of aromatic nitrogens is 1. The first-order valence-electron chi connectivity index (χ1n) is 11.3. The summed E-state index contributed by atoms with van der Waals surface area (Å²) >= 11 is 0. The molecule has 4 rings (SSSR count). The van der Waals surface area contributed by atoms with Crippen molar-refractivity contribution >= 4 is 10.8 Å². The summed E-state index contributed by atoms with van der Waals surface area (Å²) in [5.74, 6) is 0.529. The maximum absolute atomic E-state index is 2.62. The lowest BCUT2D eigenvalue weighted by atomic mass is 9.59. The zero-order valence-electron chi connectivity index (χ0n) is 19.5. The van der Waals surface area contributed by atoms with Crippen molar-refractivity contribution in [2.75, 3.05) is 0 Å². The zero-order chi connectivity index (χ0) is 21.1. The van der Waals surface area contributed by atoms with Gasteiger partial charge in [-0.2, -0.15) is 4.57 Å². The maximum Gasteiger partial charge on any atom is 0.221 e. The van der Waals surface area contributed by atoms with Gasteiger partial charge in [0.25, 0.3) is 0 Å². The summed E-state index contributed by atoms with van der Waals surface area (Å²) in [6.07, 6.45) is 4.59. The van der Waals surface area contributed by atoms with Crippen molar-refractivity contribution in [2.45, 2.75) is 85.1 Å². The van der Waals surface area contributed by atoms with Crippen molar-refractivity contribution in [2.24, 2.45) is 0 Å². The molecule has 0 bridgehead atoms. The molecule has 0 N–H and O–H groups in total. The Morgan fingerprint density at radius 3 is 2.28 bits per heavy atom. The first-order valence-corrected chi connectivity index (χ1v) is 11.3. The number of nitrogens with zero attached hydrogens (tertiary/aromatic N) is 1. The molecule has 0 fully saturated rings. The predicted molar refractivity (Wildman–Crippen MR) is 125 cm³/mol. The number of aryl methyl sites for hydroxylation is 2. The Hall–Kier alpha value is -2.15. The van der Waals surface area contributed by atoms with Crippen molar-refractivity contribution < 1.29 is 4.57 Å². The Kier molecular flexibility index (Phi) is 4.64. The van der Waals surface area contributed by atoms with E-state index in [-0.39, 0.29) is 11.0 Å². The fourth-order valence-electron chi connectivity index (χ4n) is 5.87. The minimum atomic E-state index is 0.0339. The average molecular weight is 387 g/mol. The van der Waals surface area contributed by atoms with E-state index in [9.17, 15) is 0 Å². The van der Waals surface area contributed by atoms with Crippen LogP contribution in [-0.2, 0) is 11.0 Å². The third-order valence-electron chi connectivity index (χ3n) is 8.05. The standard InChI is InChI=1S/C28H36N/c1-9-27(7)25-20(6)15-19(5)16-24(25)26-23-17-22(18(3)4)12-11-21(23)13-14-29(26)28(27,8)10-2/h11-18H,9-10H2,1-8H3/q+1. The molecule has 1 aromatic heterocycles. The molecular weight excluding hydrogens is 350 g/mol. The molecule has 0 amide bonds. The number of hydrogen-bond donors (Lipinski definition) is 0. The normalized spacial score (nSPS) is 23.3. The number of pyridine rings is 1. The highest BCUT2D eigenvalue weighted by Gasteiger charge is 2.57. The highest BCUT2D eigenvalue weighted by Crippen LogP contribution is 2.52. The summed E-state index contributed by atoms with van der Waals surface area (Å²) in [5.41, 5.74) is 8.72. The fraction of sp³-hybridized carbons (Fsp3) is 0.464. The Morgan fingerprint density at radius 1 is 0.931 bits per heavy atom. The number of hydrogen-bond acceptors (Lipinski definition) is 0. The number of fused-ring (bicyclic) bond motifs is 5. The molecule has 152 valence electrons. The molecule has 0 radical (unpaired) electrons. The van der Waals surface area contributed by atoms with Crippen LogP contribution in [0.4, 0.5) is 0 Å². The van der Waals surface area contributed by atoms with Gasteiger partial charge in [0.1, 0.15) is 0 Å². The predicted octanol–water partition coefficient (Wildman–Crippen LogP) is 7.34. The summed E-state index contributed by atoms with van der Waals surface area (Å²) in [4.78, 5) is 0. The summed E-state index contributed by atoms with van der Waals surface area (Å²) in [5, 5.41) is 2.73. The van der Waals surface area contributed by atoms with Crippen molar-refractivity contribution in [1.82, 2.24) is 0 Å². The van der Waals surface area contributed by atoms with Gasteiger partial charge in [-0.15, -0.1) is 0 Å². The van der Waals surface area contributed by atoms with Gasteiger partial charge in [-0.1, -0.05) is 51.5 Å². The van der Waals surface area contributed by atoms with Gasteiger partial charge in [-0.25, -0.2) is 0 Å². The highest BCUT2D eigenvalue weighted by molar-refractivity contribution is 5.95. The Labute approximate surface area is 176 Å².